The van der Waals surface area contributed by atoms with Gasteiger partial charge in [0.25, 0.3) is 11.8 Å². The van der Waals surface area contributed by atoms with Crippen molar-refractivity contribution in [1.82, 2.24) is 10.2 Å². The Morgan fingerprint density at radius 2 is 1.88 bits per heavy atom. The maximum absolute atomic E-state index is 12.3. The highest BCUT2D eigenvalue weighted by Crippen LogP contribution is 2.27. The third kappa shape index (κ3) is 2.77. The minimum Gasteiger partial charge on any atom is -0.466 e. The predicted molar refractivity (Wildman–Crippen MR) is 91.5 cm³/mol. The Morgan fingerprint density at radius 3 is 2.62 bits per heavy atom. The average molecular weight is 352 g/mol. The van der Waals surface area contributed by atoms with E-state index < -0.39 is 5.97 Å². The molecular weight excluding hydrogens is 336 g/mol. The number of ether oxygens (including phenoxy) is 1. The van der Waals surface area contributed by atoms with Crippen LogP contribution in [-0.4, -0.2) is 16.2 Å². The van der Waals surface area contributed by atoms with Gasteiger partial charge in [0.05, 0.1) is 5.56 Å². The molecule has 0 unspecified atom stereocenters. The van der Waals surface area contributed by atoms with E-state index in [1.807, 2.05) is 45.0 Å². The summed E-state index contributed by atoms with van der Waals surface area (Å²) < 4.78 is 21.8. The summed E-state index contributed by atoms with van der Waals surface area (Å²) in [5.41, 5.74) is 2.10. The lowest BCUT2D eigenvalue weighted by atomic mass is 10.1. The van der Waals surface area contributed by atoms with Crippen LogP contribution in [0.2, 0.25) is 0 Å². The second-order valence-electron chi connectivity index (χ2n) is 5.96. The van der Waals surface area contributed by atoms with Crippen LogP contribution in [-0.2, 0) is 11.3 Å². The van der Waals surface area contributed by atoms with Crippen molar-refractivity contribution < 1.29 is 22.8 Å². The smallest absolute Gasteiger partial charge is 0.375 e. The van der Waals surface area contributed by atoms with Crippen molar-refractivity contribution in [3.05, 3.63) is 59.1 Å². The largest absolute Gasteiger partial charge is 0.466 e. The molecule has 26 heavy (non-hydrogen) atoms. The number of rotatable bonds is 4. The second-order valence-corrected chi connectivity index (χ2v) is 5.96. The minimum atomic E-state index is -0.575. The molecule has 3 heterocycles. The Labute approximate surface area is 148 Å². The van der Waals surface area contributed by atoms with Gasteiger partial charge in [-0.3, -0.25) is 0 Å². The first kappa shape index (κ1) is 16.1. The topological polar surface area (TPSA) is 91.5 Å². The third-order valence-electron chi connectivity index (χ3n) is 4.09. The molecule has 0 N–H and O–H groups in total. The third-order valence-corrected chi connectivity index (χ3v) is 4.09. The van der Waals surface area contributed by atoms with Crippen molar-refractivity contribution in [3.63, 3.8) is 0 Å². The molecule has 0 radical (unpaired) electrons. The van der Waals surface area contributed by atoms with Gasteiger partial charge in [0, 0.05) is 10.9 Å². The molecule has 132 valence electrons. The number of hydrogen-bond acceptors (Lipinski definition) is 7. The number of furan rings is 2. The van der Waals surface area contributed by atoms with Gasteiger partial charge in [-0.05, 0) is 32.9 Å². The molecule has 0 aliphatic carbocycles. The van der Waals surface area contributed by atoms with Crippen molar-refractivity contribution in [2.45, 2.75) is 27.4 Å². The second kappa shape index (κ2) is 6.18. The molecule has 0 aliphatic heterocycles. The van der Waals surface area contributed by atoms with E-state index in [-0.39, 0.29) is 18.3 Å². The summed E-state index contributed by atoms with van der Waals surface area (Å²) in [5, 5.41) is 8.76. The molecular formula is C19H16N2O5. The molecule has 0 amide bonds. The van der Waals surface area contributed by atoms with Gasteiger partial charge in [-0.2, -0.15) is 0 Å². The van der Waals surface area contributed by atoms with E-state index in [9.17, 15) is 4.79 Å². The summed E-state index contributed by atoms with van der Waals surface area (Å²) in [6.07, 6.45) is 0. The molecule has 0 saturated carbocycles. The molecule has 0 saturated heterocycles. The van der Waals surface area contributed by atoms with E-state index in [1.165, 1.54) is 0 Å². The number of fused-ring (bicyclic) bond motifs is 1. The van der Waals surface area contributed by atoms with E-state index in [0.29, 0.717) is 17.2 Å². The van der Waals surface area contributed by atoms with E-state index in [0.717, 1.165) is 22.3 Å². The predicted octanol–water partition coefficient (Wildman–Crippen LogP) is 4.36. The first-order valence-electron chi connectivity index (χ1n) is 8.08. The molecule has 1 aromatic carbocycles. The van der Waals surface area contributed by atoms with Crippen molar-refractivity contribution in [2.24, 2.45) is 0 Å². The number of carbonyl (C=O) groups excluding carboxylic acids is 1. The molecule has 4 aromatic rings. The standard InChI is InChI=1S/C19H16N2O5/c1-10-8-14(12(3)24-10)18-21-20-16(26-18)9-23-19(22)17-11(2)13-6-4-5-7-15(13)25-17/h4-8H,9H2,1-3H3. The zero-order chi connectivity index (χ0) is 18.3. The lowest BCUT2D eigenvalue weighted by Gasteiger charge is -1.99. The number of nitrogens with zero attached hydrogens (tertiary/aromatic N) is 2. The Bertz CT molecular complexity index is 1100. The van der Waals surface area contributed by atoms with E-state index >= 15 is 0 Å². The zero-order valence-electron chi connectivity index (χ0n) is 14.5. The number of aryl methyl sites for hydroxylation is 3. The number of para-hydroxylation sites is 1. The first-order valence-corrected chi connectivity index (χ1v) is 8.08. The summed E-state index contributed by atoms with van der Waals surface area (Å²) in [7, 11) is 0. The summed E-state index contributed by atoms with van der Waals surface area (Å²) in [6, 6.07) is 9.25. The van der Waals surface area contributed by atoms with Crippen LogP contribution in [0.15, 0.2) is 43.6 Å². The Kier molecular flexibility index (Phi) is 3.84. The highest BCUT2D eigenvalue weighted by Gasteiger charge is 2.20. The summed E-state index contributed by atoms with van der Waals surface area (Å²) >= 11 is 0. The van der Waals surface area contributed by atoms with Gasteiger partial charge in [-0.15, -0.1) is 10.2 Å². The van der Waals surface area contributed by atoms with Gasteiger partial charge in [0.2, 0.25) is 5.76 Å². The normalized spacial score (nSPS) is 11.2. The fourth-order valence-electron chi connectivity index (χ4n) is 2.83. The number of benzene rings is 1. The Hall–Kier alpha value is -3.35. The molecule has 7 heteroatoms. The van der Waals surface area contributed by atoms with E-state index in [1.54, 1.807) is 6.07 Å². The molecule has 3 aromatic heterocycles. The highest BCUT2D eigenvalue weighted by molar-refractivity contribution is 5.95. The fraction of sp³-hybridized carbons (Fsp3) is 0.211. The maximum Gasteiger partial charge on any atom is 0.375 e. The van der Waals surface area contributed by atoms with Gasteiger partial charge >= 0.3 is 5.97 Å². The van der Waals surface area contributed by atoms with Crippen LogP contribution >= 0.6 is 0 Å². The number of carbonyl (C=O) groups is 1. The molecule has 0 fully saturated rings. The van der Waals surface area contributed by atoms with Gasteiger partial charge < -0.3 is 18.0 Å². The Balaban J connectivity index is 1.49. The van der Waals surface area contributed by atoms with E-state index in [4.69, 9.17) is 18.0 Å². The maximum atomic E-state index is 12.3. The van der Waals surface area contributed by atoms with Crippen LogP contribution in [0.1, 0.15) is 33.5 Å². The lowest BCUT2D eigenvalue weighted by Crippen LogP contribution is -2.05. The molecule has 7 nitrogen and oxygen atoms in total. The number of hydrogen-bond donors (Lipinski definition) is 0. The van der Waals surface area contributed by atoms with Crippen LogP contribution in [0.4, 0.5) is 0 Å². The molecule has 0 atom stereocenters. The Morgan fingerprint density at radius 1 is 1.08 bits per heavy atom. The minimum absolute atomic E-state index is 0.141. The summed E-state index contributed by atoms with van der Waals surface area (Å²) in [4.78, 5) is 12.3. The average Bonchev–Trinajstić information content (AvgIpc) is 3.31. The van der Waals surface area contributed by atoms with Crippen molar-refractivity contribution >= 4 is 16.9 Å². The quantitative estimate of drug-likeness (QED) is 0.504. The first-order chi connectivity index (χ1) is 12.5. The van der Waals surface area contributed by atoms with Crippen LogP contribution in [0.5, 0.6) is 0 Å². The van der Waals surface area contributed by atoms with Crippen LogP contribution in [0.3, 0.4) is 0 Å². The van der Waals surface area contributed by atoms with Crippen LogP contribution in [0, 0.1) is 20.8 Å². The van der Waals surface area contributed by atoms with Crippen molar-refractivity contribution in [3.8, 4) is 11.5 Å². The van der Waals surface area contributed by atoms with Crippen LogP contribution in [0.25, 0.3) is 22.4 Å². The molecule has 4 rings (SSSR count). The fourth-order valence-corrected chi connectivity index (χ4v) is 2.83. The number of aromatic nitrogens is 2. The monoisotopic (exact) mass is 352 g/mol. The van der Waals surface area contributed by atoms with Crippen molar-refractivity contribution in [2.75, 3.05) is 0 Å². The van der Waals surface area contributed by atoms with Gasteiger partial charge in [-0.1, -0.05) is 18.2 Å². The molecule has 0 bridgehead atoms. The highest BCUT2D eigenvalue weighted by atomic mass is 16.6. The summed E-state index contributed by atoms with van der Waals surface area (Å²) in [6.45, 7) is 5.33. The summed E-state index contributed by atoms with van der Waals surface area (Å²) in [5.74, 6) is 1.56. The number of esters is 1. The van der Waals surface area contributed by atoms with Gasteiger partial charge in [0.15, 0.2) is 6.61 Å². The van der Waals surface area contributed by atoms with Gasteiger partial charge in [-0.25, -0.2) is 4.79 Å². The molecule has 0 aliphatic rings. The lowest BCUT2D eigenvalue weighted by molar-refractivity contribution is 0.0404. The molecule has 0 spiro atoms. The van der Waals surface area contributed by atoms with Gasteiger partial charge in [0.1, 0.15) is 17.1 Å². The van der Waals surface area contributed by atoms with E-state index in [2.05, 4.69) is 10.2 Å². The van der Waals surface area contributed by atoms with Crippen molar-refractivity contribution in [1.29, 1.82) is 0 Å². The van der Waals surface area contributed by atoms with Crippen LogP contribution < -0.4 is 0 Å². The SMILES string of the molecule is Cc1cc(-c2nnc(COC(=O)c3oc4ccccc4c3C)o2)c(C)o1. The zero-order valence-corrected chi connectivity index (χ0v) is 14.5.